The van der Waals surface area contributed by atoms with Gasteiger partial charge in [-0.3, -0.25) is 0 Å². The van der Waals surface area contributed by atoms with Crippen molar-refractivity contribution in [3.05, 3.63) is 0 Å². The summed E-state index contributed by atoms with van der Waals surface area (Å²) in [4.78, 5) is 0. The Morgan fingerprint density at radius 2 is 1.92 bits per heavy atom. The largest absolute Gasteiger partial charge is 0.393 e. The fourth-order valence-electron chi connectivity index (χ4n) is 2.20. The van der Waals surface area contributed by atoms with Crippen LogP contribution < -0.4 is 0 Å². The fourth-order valence-corrected chi connectivity index (χ4v) is 2.20. The molecular weight excluding hydrogens is 150 g/mol. The van der Waals surface area contributed by atoms with Crippen LogP contribution in [0.2, 0.25) is 0 Å². The SMILES string of the molecule is C[N+](C)(C)C[C@H]1CCC[C@@H](O)C1. The van der Waals surface area contributed by atoms with Gasteiger partial charge in [-0.15, -0.1) is 0 Å². The van der Waals surface area contributed by atoms with Gasteiger partial charge in [0.2, 0.25) is 0 Å². The van der Waals surface area contributed by atoms with Crippen LogP contribution in [0.3, 0.4) is 0 Å². The van der Waals surface area contributed by atoms with E-state index in [2.05, 4.69) is 21.1 Å². The van der Waals surface area contributed by atoms with E-state index in [9.17, 15) is 5.11 Å². The van der Waals surface area contributed by atoms with Crippen LogP contribution in [-0.2, 0) is 0 Å². The summed E-state index contributed by atoms with van der Waals surface area (Å²) in [6, 6.07) is 0. The Morgan fingerprint density at radius 3 is 2.42 bits per heavy atom. The first-order valence-corrected chi connectivity index (χ1v) is 4.96. The first-order valence-electron chi connectivity index (χ1n) is 4.96. The van der Waals surface area contributed by atoms with Gasteiger partial charge in [0.1, 0.15) is 0 Å². The van der Waals surface area contributed by atoms with Gasteiger partial charge >= 0.3 is 0 Å². The molecular formula is C10H22NO+. The Labute approximate surface area is 75.8 Å². The molecule has 1 N–H and O–H groups in total. The second kappa shape index (κ2) is 3.75. The van der Waals surface area contributed by atoms with Crippen molar-refractivity contribution in [1.82, 2.24) is 0 Å². The van der Waals surface area contributed by atoms with E-state index in [0.29, 0.717) is 0 Å². The van der Waals surface area contributed by atoms with E-state index in [0.717, 1.165) is 23.2 Å². The molecule has 0 aliphatic heterocycles. The molecule has 0 unspecified atom stereocenters. The average molecular weight is 172 g/mol. The van der Waals surface area contributed by atoms with Gasteiger partial charge in [0.25, 0.3) is 0 Å². The molecule has 0 spiro atoms. The highest BCUT2D eigenvalue weighted by Crippen LogP contribution is 2.25. The van der Waals surface area contributed by atoms with Crippen LogP contribution in [0.1, 0.15) is 25.7 Å². The van der Waals surface area contributed by atoms with Crippen LogP contribution in [0.15, 0.2) is 0 Å². The zero-order chi connectivity index (χ0) is 9.19. The van der Waals surface area contributed by atoms with Gasteiger partial charge in [0, 0.05) is 5.92 Å². The third-order valence-corrected chi connectivity index (χ3v) is 2.56. The highest BCUT2D eigenvalue weighted by atomic mass is 16.3. The standard InChI is InChI=1S/C10H22NO/c1-11(2,3)8-9-5-4-6-10(12)7-9/h9-10,12H,4-8H2,1-3H3/q+1/t9-,10+/m0/s1. The molecule has 0 aromatic carbocycles. The predicted octanol–water partition coefficient (Wildman–Crippen LogP) is 1.24. The molecule has 0 radical (unpaired) electrons. The Hall–Kier alpha value is -0.0800. The van der Waals surface area contributed by atoms with Crippen LogP contribution in [-0.4, -0.2) is 43.4 Å². The number of aliphatic hydroxyl groups is 1. The molecule has 0 aromatic heterocycles. The lowest BCUT2D eigenvalue weighted by Crippen LogP contribution is -2.41. The van der Waals surface area contributed by atoms with Crippen molar-refractivity contribution in [2.45, 2.75) is 31.8 Å². The number of hydrogen-bond donors (Lipinski definition) is 1. The molecule has 12 heavy (non-hydrogen) atoms. The van der Waals surface area contributed by atoms with E-state index >= 15 is 0 Å². The van der Waals surface area contributed by atoms with Gasteiger partial charge in [-0.2, -0.15) is 0 Å². The van der Waals surface area contributed by atoms with Crippen LogP contribution in [0.25, 0.3) is 0 Å². The van der Waals surface area contributed by atoms with Crippen LogP contribution >= 0.6 is 0 Å². The van der Waals surface area contributed by atoms with Gasteiger partial charge in [0.15, 0.2) is 0 Å². The quantitative estimate of drug-likeness (QED) is 0.621. The highest BCUT2D eigenvalue weighted by Gasteiger charge is 2.24. The molecule has 0 heterocycles. The van der Waals surface area contributed by atoms with Crippen LogP contribution in [0.5, 0.6) is 0 Å². The lowest BCUT2D eigenvalue weighted by Gasteiger charge is -2.32. The molecule has 1 rings (SSSR count). The van der Waals surface area contributed by atoms with Gasteiger partial charge in [0.05, 0.1) is 33.8 Å². The molecule has 1 aliphatic carbocycles. The Morgan fingerprint density at radius 1 is 1.25 bits per heavy atom. The Bertz CT molecular complexity index is 139. The number of hydrogen-bond acceptors (Lipinski definition) is 1. The summed E-state index contributed by atoms with van der Waals surface area (Å²) in [7, 11) is 6.67. The van der Waals surface area contributed by atoms with Crippen molar-refractivity contribution in [1.29, 1.82) is 0 Å². The van der Waals surface area contributed by atoms with Crippen molar-refractivity contribution in [3.63, 3.8) is 0 Å². The van der Waals surface area contributed by atoms with Crippen molar-refractivity contribution in [2.24, 2.45) is 5.92 Å². The maximum absolute atomic E-state index is 9.47. The number of quaternary nitrogens is 1. The van der Waals surface area contributed by atoms with Gasteiger partial charge in [-0.1, -0.05) is 6.42 Å². The number of nitrogens with zero attached hydrogens (tertiary/aromatic N) is 1. The molecule has 1 saturated carbocycles. The predicted molar refractivity (Wildman–Crippen MR) is 50.9 cm³/mol. The normalized spacial score (nSPS) is 32.0. The first kappa shape index (κ1) is 10.0. The van der Waals surface area contributed by atoms with Crippen LogP contribution in [0.4, 0.5) is 0 Å². The average Bonchev–Trinajstić information content (AvgIpc) is 1.82. The van der Waals surface area contributed by atoms with E-state index in [1.165, 1.54) is 19.4 Å². The fraction of sp³-hybridized carbons (Fsp3) is 1.00. The van der Waals surface area contributed by atoms with Crippen molar-refractivity contribution >= 4 is 0 Å². The van der Waals surface area contributed by atoms with Gasteiger partial charge in [-0.25, -0.2) is 0 Å². The van der Waals surface area contributed by atoms with Gasteiger partial charge in [-0.05, 0) is 19.3 Å². The Kier molecular flexibility index (Phi) is 3.13. The smallest absolute Gasteiger partial charge is 0.0809 e. The second-order valence-corrected chi connectivity index (χ2v) is 5.16. The van der Waals surface area contributed by atoms with Crippen molar-refractivity contribution in [2.75, 3.05) is 27.7 Å². The van der Waals surface area contributed by atoms with Crippen molar-refractivity contribution in [3.8, 4) is 0 Å². The third kappa shape index (κ3) is 3.55. The molecule has 0 amide bonds. The zero-order valence-electron chi connectivity index (χ0n) is 8.58. The summed E-state index contributed by atoms with van der Waals surface area (Å²) < 4.78 is 1.03. The minimum absolute atomic E-state index is 0.0182. The third-order valence-electron chi connectivity index (χ3n) is 2.56. The minimum atomic E-state index is -0.0182. The monoisotopic (exact) mass is 172 g/mol. The summed E-state index contributed by atoms with van der Waals surface area (Å²) >= 11 is 0. The second-order valence-electron chi connectivity index (χ2n) is 5.16. The van der Waals surface area contributed by atoms with Gasteiger partial charge < -0.3 is 9.59 Å². The van der Waals surface area contributed by atoms with E-state index < -0.39 is 0 Å². The van der Waals surface area contributed by atoms with Crippen LogP contribution in [0, 0.1) is 5.92 Å². The summed E-state index contributed by atoms with van der Waals surface area (Å²) in [5.41, 5.74) is 0. The topological polar surface area (TPSA) is 20.2 Å². The maximum Gasteiger partial charge on any atom is 0.0809 e. The molecule has 2 heteroatoms. The molecule has 0 saturated heterocycles. The summed E-state index contributed by atoms with van der Waals surface area (Å²) in [6.45, 7) is 1.21. The molecule has 2 nitrogen and oxygen atoms in total. The maximum atomic E-state index is 9.47. The summed E-state index contributed by atoms with van der Waals surface area (Å²) in [6.07, 6.45) is 4.55. The van der Waals surface area contributed by atoms with E-state index in [1.54, 1.807) is 0 Å². The van der Waals surface area contributed by atoms with E-state index in [-0.39, 0.29) is 6.10 Å². The summed E-state index contributed by atoms with van der Waals surface area (Å²) in [5.74, 6) is 0.744. The lowest BCUT2D eigenvalue weighted by molar-refractivity contribution is -0.874. The van der Waals surface area contributed by atoms with Crippen molar-refractivity contribution < 1.29 is 9.59 Å². The zero-order valence-corrected chi connectivity index (χ0v) is 8.58. The molecule has 1 aliphatic rings. The molecule has 1 fully saturated rings. The highest BCUT2D eigenvalue weighted by molar-refractivity contribution is 4.71. The Balaban J connectivity index is 2.32. The summed E-state index contributed by atoms with van der Waals surface area (Å²) in [5, 5.41) is 9.47. The van der Waals surface area contributed by atoms with E-state index in [1.807, 2.05) is 0 Å². The lowest BCUT2D eigenvalue weighted by atomic mass is 9.87. The molecule has 0 bridgehead atoms. The molecule has 2 atom stereocenters. The molecule has 0 aromatic rings. The first-order chi connectivity index (χ1) is 5.47. The number of aliphatic hydroxyl groups excluding tert-OH is 1. The van der Waals surface area contributed by atoms with E-state index in [4.69, 9.17) is 0 Å². The number of rotatable bonds is 2. The minimum Gasteiger partial charge on any atom is -0.393 e. The molecule has 72 valence electrons.